The highest BCUT2D eigenvalue weighted by molar-refractivity contribution is 7.09. The summed E-state index contributed by atoms with van der Waals surface area (Å²) in [5, 5.41) is 5.23. The Hall–Kier alpha value is -1.07. The van der Waals surface area contributed by atoms with E-state index in [0.717, 1.165) is 26.0 Å². The Bertz CT molecular complexity index is 358. The molecule has 1 aromatic heterocycles. The van der Waals surface area contributed by atoms with Crippen LogP contribution in [0.5, 0.6) is 0 Å². The van der Waals surface area contributed by atoms with Crippen LogP contribution in [-0.4, -0.2) is 31.8 Å². The average Bonchev–Trinajstić information content (AvgIpc) is 2.91. The number of ether oxygens (including phenoxy) is 1. The topological polar surface area (TPSA) is 59.6 Å². The van der Waals surface area contributed by atoms with Crippen LogP contribution in [0.3, 0.4) is 0 Å². The minimum atomic E-state index is 0.261. The fourth-order valence-electron chi connectivity index (χ4n) is 1.98. The van der Waals surface area contributed by atoms with Gasteiger partial charge in [-0.05, 0) is 37.1 Å². The van der Waals surface area contributed by atoms with Crippen molar-refractivity contribution >= 4 is 17.3 Å². The van der Waals surface area contributed by atoms with E-state index in [4.69, 9.17) is 10.5 Å². The normalized spacial score (nSPS) is 20.9. The molecule has 1 atom stereocenters. The van der Waals surface area contributed by atoms with Crippen LogP contribution in [0.2, 0.25) is 0 Å². The Labute approximate surface area is 112 Å². The van der Waals surface area contributed by atoms with E-state index in [9.17, 15) is 0 Å². The van der Waals surface area contributed by atoms with Gasteiger partial charge in [0.2, 0.25) is 0 Å². The SMILES string of the molecule is NC(=NCC1CCCCO1)NCCc1cccs1. The zero-order valence-corrected chi connectivity index (χ0v) is 11.4. The standard InChI is InChI=1S/C13H21N3OS/c14-13(15-7-6-12-5-3-9-18-12)16-10-11-4-1-2-8-17-11/h3,5,9,11H,1-2,4,6-8,10H2,(H3,14,15,16). The van der Waals surface area contributed by atoms with E-state index in [1.807, 2.05) is 0 Å². The zero-order valence-electron chi connectivity index (χ0n) is 10.6. The second-order valence-electron chi connectivity index (χ2n) is 4.47. The van der Waals surface area contributed by atoms with Crippen molar-refractivity contribution in [2.75, 3.05) is 19.7 Å². The number of hydrogen-bond acceptors (Lipinski definition) is 3. The summed E-state index contributed by atoms with van der Waals surface area (Å²) in [6.45, 7) is 2.38. The van der Waals surface area contributed by atoms with Crippen molar-refractivity contribution in [1.29, 1.82) is 0 Å². The summed E-state index contributed by atoms with van der Waals surface area (Å²) in [5.41, 5.74) is 5.82. The van der Waals surface area contributed by atoms with Gasteiger partial charge in [0, 0.05) is 18.0 Å². The molecule has 0 spiro atoms. The molecule has 0 amide bonds. The number of nitrogens with zero attached hydrogens (tertiary/aromatic N) is 1. The van der Waals surface area contributed by atoms with Gasteiger partial charge in [-0.2, -0.15) is 0 Å². The molecule has 0 radical (unpaired) electrons. The van der Waals surface area contributed by atoms with Crippen LogP contribution in [0.25, 0.3) is 0 Å². The highest BCUT2D eigenvalue weighted by Crippen LogP contribution is 2.12. The Kier molecular flexibility index (Phi) is 5.48. The molecular weight excluding hydrogens is 246 g/mol. The van der Waals surface area contributed by atoms with Crippen LogP contribution in [-0.2, 0) is 11.2 Å². The Morgan fingerprint density at radius 2 is 2.50 bits per heavy atom. The summed E-state index contributed by atoms with van der Waals surface area (Å²) in [4.78, 5) is 5.69. The van der Waals surface area contributed by atoms with Crippen LogP contribution in [0.1, 0.15) is 24.1 Å². The summed E-state index contributed by atoms with van der Waals surface area (Å²) in [6, 6.07) is 4.20. The fraction of sp³-hybridized carbons (Fsp3) is 0.615. The second kappa shape index (κ2) is 7.38. The van der Waals surface area contributed by atoms with Crippen LogP contribution >= 0.6 is 11.3 Å². The minimum absolute atomic E-state index is 0.261. The van der Waals surface area contributed by atoms with Gasteiger partial charge in [0.15, 0.2) is 5.96 Å². The highest BCUT2D eigenvalue weighted by Gasteiger charge is 2.12. The third-order valence-electron chi connectivity index (χ3n) is 3.00. The number of nitrogens with one attached hydrogen (secondary N) is 1. The molecule has 0 aromatic carbocycles. The van der Waals surface area contributed by atoms with E-state index in [2.05, 4.69) is 27.8 Å². The summed E-state index contributed by atoms with van der Waals surface area (Å²) in [6.07, 6.45) is 4.77. The lowest BCUT2D eigenvalue weighted by molar-refractivity contribution is 0.0224. The number of guanidine groups is 1. The molecule has 4 nitrogen and oxygen atoms in total. The van der Waals surface area contributed by atoms with E-state index in [-0.39, 0.29) is 6.10 Å². The quantitative estimate of drug-likeness (QED) is 0.631. The molecule has 1 saturated heterocycles. The minimum Gasteiger partial charge on any atom is -0.376 e. The van der Waals surface area contributed by atoms with Crippen molar-refractivity contribution in [2.24, 2.45) is 10.7 Å². The first-order valence-electron chi connectivity index (χ1n) is 6.52. The largest absolute Gasteiger partial charge is 0.376 e. The molecule has 1 unspecified atom stereocenters. The summed E-state index contributed by atoms with van der Waals surface area (Å²) < 4.78 is 5.60. The number of nitrogens with two attached hydrogens (primary N) is 1. The van der Waals surface area contributed by atoms with E-state index >= 15 is 0 Å². The van der Waals surface area contributed by atoms with Crippen molar-refractivity contribution < 1.29 is 4.74 Å². The van der Waals surface area contributed by atoms with Gasteiger partial charge in [-0.25, -0.2) is 0 Å². The first-order valence-corrected chi connectivity index (χ1v) is 7.40. The van der Waals surface area contributed by atoms with E-state index in [1.54, 1.807) is 11.3 Å². The van der Waals surface area contributed by atoms with Gasteiger partial charge >= 0.3 is 0 Å². The van der Waals surface area contributed by atoms with Crippen LogP contribution < -0.4 is 11.1 Å². The van der Waals surface area contributed by atoms with Gasteiger partial charge in [-0.1, -0.05) is 6.07 Å². The maximum atomic E-state index is 5.82. The van der Waals surface area contributed by atoms with Gasteiger partial charge in [-0.15, -0.1) is 11.3 Å². The third kappa shape index (κ3) is 4.66. The number of thiophene rings is 1. The third-order valence-corrected chi connectivity index (χ3v) is 3.93. The molecule has 2 rings (SSSR count). The lowest BCUT2D eigenvalue weighted by Crippen LogP contribution is -2.34. The predicted molar refractivity (Wildman–Crippen MR) is 76.1 cm³/mol. The summed E-state index contributed by atoms with van der Waals surface area (Å²) in [7, 11) is 0. The molecule has 0 aliphatic carbocycles. The Balaban J connectivity index is 1.62. The van der Waals surface area contributed by atoms with Gasteiger partial charge < -0.3 is 15.8 Å². The molecule has 1 fully saturated rings. The van der Waals surface area contributed by atoms with Crippen molar-refractivity contribution in [3.05, 3.63) is 22.4 Å². The Morgan fingerprint density at radius 1 is 1.56 bits per heavy atom. The zero-order chi connectivity index (χ0) is 12.6. The molecule has 100 valence electrons. The van der Waals surface area contributed by atoms with Gasteiger partial charge in [0.1, 0.15) is 0 Å². The van der Waals surface area contributed by atoms with E-state index in [0.29, 0.717) is 12.5 Å². The monoisotopic (exact) mass is 267 g/mol. The lowest BCUT2D eigenvalue weighted by Gasteiger charge is -2.20. The van der Waals surface area contributed by atoms with Crippen molar-refractivity contribution in [2.45, 2.75) is 31.8 Å². The summed E-state index contributed by atoms with van der Waals surface area (Å²) in [5.74, 6) is 0.528. The van der Waals surface area contributed by atoms with Crippen LogP contribution in [0.15, 0.2) is 22.5 Å². The molecule has 0 saturated carbocycles. The average molecular weight is 267 g/mol. The molecule has 5 heteroatoms. The molecular formula is C13H21N3OS. The Morgan fingerprint density at radius 3 is 3.22 bits per heavy atom. The number of hydrogen-bond donors (Lipinski definition) is 2. The van der Waals surface area contributed by atoms with Gasteiger partial charge in [-0.3, -0.25) is 4.99 Å². The van der Waals surface area contributed by atoms with Crippen molar-refractivity contribution in [3.8, 4) is 0 Å². The van der Waals surface area contributed by atoms with Gasteiger partial charge in [0.05, 0.1) is 12.6 Å². The summed E-state index contributed by atoms with van der Waals surface area (Å²) >= 11 is 1.77. The fourth-order valence-corrected chi connectivity index (χ4v) is 2.69. The molecule has 0 bridgehead atoms. The molecule has 2 heterocycles. The smallest absolute Gasteiger partial charge is 0.188 e. The predicted octanol–water partition coefficient (Wildman–Crippen LogP) is 1.76. The van der Waals surface area contributed by atoms with E-state index < -0.39 is 0 Å². The number of aliphatic imine (C=N–C) groups is 1. The van der Waals surface area contributed by atoms with E-state index in [1.165, 1.54) is 17.7 Å². The maximum absolute atomic E-state index is 5.82. The molecule has 18 heavy (non-hydrogen) atoms. The number of rotatable bonds is 5. The highest BCUT2D eigenvalue weighted by atomic mass is 32.1. The molecule has 3 N–H and O–H groups in total. The first-order chi connectivity index (χ1) is 8.84. The molecule has 1 aromatic rings. The van der Waals surface area contributed by atoms with Crippen molar-refractivity contribution in [3.63, 3.8) is 0 Å². The lowest BCUT2D eigenvalue weighted by atomic mass is 10.1. The van der Waals surface area contributed by atoms with Gasteiger partial charge in [0.25, 0.3) is 0 Å². The molecule has 1 aliphatic heterocycles. The van der Waals surface area contributed by atoms with Crippen molar-refractivity contribution in [1.82, 2.24) is 5.32 Å². The first kappa shape index (κ1) is 13.4. The van der Waals surface area contributed by atoms with Crippen LogP contribution in [0.4, 0.5) is 0 Å². The molecule has 1 aliphatic rings. The second-order valence-corrected chi connectivity index (χ2v) is 5.50. The van der Waals surface area contributed by atoms with Crippen LogP contribution in [0, 0.1) is 0 Å². The maximum Gasteiger partial charge on any atom is 0.188 e.